The summed E-state index contributed by atoms with van der Waals surface area (Å²) >= 11 is 0. The number of ether oxygens (including phenoxy) is 2. The van der Waals surface area contributed by atoms with E-state index in [4.69, 9.17) is 9.47 Å². The number of aromatic nitrogens is 2. The quantitative estimate of drug-likeness (QED) is 0.621. The largest absolute Gasteiger partial charge is 0.369 e. The summed E-state index contributed by atoms with van der Waals surface area (Å²) in [4.78, 5) is 43.5. The first-order valence-electron chi connectivity index (χ1n) is 7.87. The van der Waals surface area contributed by atoms with Gasteiger partial charge in [-0.2, -0.15) is 0 Å². The predicted molar refractivity (Wildman–Crippen MR) is 84.1 cm³/mol. The van der Waals surface area contributed by atoms with Crippen LogP contribution < -0.4 is 11.2 Å². The van der Waals surface area contributed by atoms with Crippen LogP contribution in [0.25, 0.3) is 0 Å². The fourth-order valence-corrected chi connectivity index (χ4v) is 4.43. The number of halogens is 1. The molecule has 0 radical (unpaired) electrons. The fourth-order valence-electron chi connectivity index (χ4n) is 3.42. The van der Waals surface area contributed by atoms with Crippen LogP contribution in [0.2, 0.25) is 0 Å². The fraction of sp³-hybridized carbons (Fsp3) is 0.714. The van der Waals surface area contributed by atoms with Gasteiger partial charge >= 0.3 is 13.3 Å². The van der Waals surface area contributed by atoms with Crippen molar-refractivity contribution in [2.75, 3.05) is 6.16 Å². The van der Waals surface area contributed by atoms with Gasteiger partial charge < -0.3 is 19.3 Å². The Labute approximate surface area is 141 Å². The second-order valence-electron chi connectivity index (χ2n) is 6.78. The van der Waals surface area contributed by atoms with Crippen molar-refractivity contribution in [2.45, 2.75) is 50.5 Å². The summed E-state index contributed by atoms with van der Waals surface area (Å²) in [6, 6.07) is 1.07. The van der Waals surface area contributed by atoms with Gasteiger partial charge in [-0.25, -0.2) is 9.18 Å². The molecule has 1 saturated heterocycles. The Morgan fingerprint density at radius 3 is 2.76 bits per heavy atom. The van der Waals surface area contributed by atoms with E-state index in [0.717, 1.165) is 16.8 Å². The molecule has 3 N–H and O–H groups in total. The maximum absolute atomic E-state index is 15.0. The number of rotatable bonds is 5. The van der Waals surface area contributed by atoms with Gasteiger partial charge in [0.15, 0.2) is 12.4 Å². The van der Waals surface area contributed by atoms with Crippen LogP contribution in [0, 0.1) is 5.92 Å². The van der Waals surface area contributed by atoms with E-state index >= 15 is 4.39 Å². The van der Waals surface area contributed by atoms with Crippen LogP contribution in [0.1, 0.15) is 26.5 Å². The Hall–Kier alpha value is -1.32. The van der Waals surface area contributed by atoms with Crippen LogP contribution in [-0.4, -0.2) is 49.5 Å². The third kappa shape index (κ3) is 3.50. The highest BCUT2D eigenvalue weighted by Crippen LogP contribution is 2.62. The Morgan fingerprint density at radius 2 is 2.20 bits per heavy atom. The van der Waals surface area contributed by atoms with Crippen molar-refractivity contribution in [3.8, 4) is 0 Å². The number of aromatic amines is 1. The molecular weight excluding hydrogens is 358 g/mol. The molecule has 5 atom stereocenters. The molecular formula is C14H20FN2O7P. The van der Waals surface area contributed by atoms with Gasteiger partial charge in [0.1, 0.15) is 11.7 Å². The zero-order chi connectivity index (χ0) is 18.6. The van der Waals surface area contributed by atoms with Gasteiger partial charge in [0.25, 0.3) is 5.56 Å². The van der Waals surface area contributed by atoms with Crippen molar-refractivity contribution < 1.29 is 28.2 Å². The van der Waals surface area contributed by atoms with Gasteiger partial charge in [0, 0.05) is 18.2 Å². The van der Waals surface area contributed by atoms with E-state index in [-0.39, 0.29) is 12.5 Å². The first-order valence-corrected chi connectivity index (χ1v) is 9.66. The Morgan fingerprint density at radius 1 is 1.52 bits per heavy atom. The van der Waals surface area contributed by atoms with Crippen LogP contribution in [0.5, 0.6) is 0 Å². The molecule has 0 amide bonds. The minimum atomic E-state index is -4.30. The van der Waals surface area contributed by atoms with Gasteiger partial charge in [0.2, 0.25) is 0 Å². The molecule has 2 aliphatic rings. The second kappa shape index (κ2) is 6.14. The summed E-state index contributed by atoms with van der Waals surface area (Å²) in [6.45, 7) is 3.42. The average Bonchev–Trinajstić information content (AvgIpc) is 3.05. The summed E-state index contributed by atoms with van der Waals surface area (Å²) in [5.41, 5.74) is -2.64. The van der Waals surface area contributed by atoms with Crippen molar-refractivity contribution >= 4 is 7.60 Å². The molecule has 1 spiro atoms. The van der Waals surface area contributed by atoms with E-state index in [1.54, 1.807) is 13.8 Å². The van der Waals surface area contributed by atoms with Crippen molar-refractivity contribution in [2.24, 2.45) is 5.92 Å². The van der Waals surface area contributed by atoms with Crippen LogP contribution in [0.15, 0.2) is 21.9 Å². The van der Waals surface area contributed by atoms with Crippen LogP contribution in [0.3, 0.4) is 0 Å². The number of hydrogen-bond donors (Lipinski definition) is 3. The lowest BCUT2D eigenvalue weighted by atomic mass is 10.1. The summed E-state index contributed by atoms with van der Waals surface area (Å²) in [7, 11) is -4.30. The van der Waals surface area contributed by atoms with Crippen molar-refractivity contribution in [3.05, 3.63) is 33.1 Å². The highest BCUT2D eigenvalue weighted by atomic mass is 31.2. The van der Waals surface area contributed by atoms with Crippen molar-refractivity contribution in [1.29, 1.82) is 0 Å². The lowest BCUT2D eigenvalue weighted by molar-refractivity contribution is -0.0794. The molecule has 1 aliphatic heterocycles. The van der Waals surface area contributed by atoms with Gasteiger partial charge in [-0.3, -0.25) is 18.9 Å². The molecule has 3 rings (SSSR count). The summed E-state index contributed by atoms with van der Waals surface area (Å²) < 4.78 is 38.6. The van der Waals surface area contributed by atoms with E-state index in [0.29, 0.717) is 0 Å². The molecule has 1 aromatic heterocycles. The lowest BCUT2D eigenvalue weighted by Crippen LogP contribution is -2.38. The molecule has 9 nitrogen and oxygen atoms in total. The first kappa shape index (κ1) is 18.5. The zero-order valence-electron chi connectivity index (χ0n) is 13.7. The Balaban J connectivity index is 1.93. The smallest absolute Gasteiger partial charge is 0.330 e. The molecule has 11 heteroatoms. The van der Waals surface area contributed by atoms with Crippen molar-refractivity contribution in [1.82, 2.24) is 9.55 Å². The average molecular weight is 378 g/mol. The SMILES string of the molecule is CC(C)O[C@H]1[C@@H](F)C(n2ccc(=O)[nH]c2=O)O[C@@]12CC2CP(=O)(O)O. The minimum Gasteiger partial charge on any atom is -0.369 e. The lowest BCUT2D eigenvalue weighted by Gasteiger charge is -2.23. The molecule has 2 fully saturated rings. The Bertz CT molecular complexity index is 818. The van der Waals surface area contributed by atoms with E-state index in [9.17, 15) is 23.9 Å². The Kier molecular flexibility index (Phi) is 4.53. The van der Waals surface area contributed by atoms with Crippen LogP contribution >= 0.6 is 7.60 Å². The third-order valence-corrected chi connectivity index (χ3v) is 5.40. The molecule has 0 bridgehead atoms. The number of alkyl halides is 1. The molecule has 140 valence electrons. The number of nitrogens with zero attached hydrogens (tertiary/aromatic N) is 1. The maximum Gasteiger partial charge on any atom is 0.330 e. The maximum atomic E-state index is 15.0. The van der Waals surface area contributed by atoms with Gasteiger partial charge in [0.05, 0.1) is 12.3 Å². The number of nitrogens with one attached hydrogen (secondary N) is 1. The summed E-state index contributed by atoms with van der Waals surface area (Å²) in [5, 5.41) is 0. The highest BCUT2D eigenvalue weighted by Gasteiger charge is 2.71. The third-order valence-electron chi connectivity index (χ3n) is 4.48. The highest BCUT2D eigenvalue weighted by molar-refractivity contribution is 7.51. The molecule has 1 aliphatic carbocycles. The van der Waals surface area contributed by atoms with Crippen LogP contribution in [-0.2, 0) is 14.0 Å². The minimum absolute atomic E-state index is 0.227. The molecule has 1 aromatic rings. The van der Waals surface area contributed by atoms with E-state index in [1.807, 2.05) is 4.98 Å². The summed E-state index contributed by atoms with van der Waals surface area (Å²) in [5.74, 6) is -0.571. The molecule has 25 heavy (non-hydrogen) atoms. The van der Waals surface area contributed by atoms with Gasteiger partial charge in [-0.15, -0.1) is 0 Å². The van der Waals surface area contributed by atoms with E-state index in [2.05, 4.69) is 0 Å². The van der Waals surface area contributed by atoms with E-state index in [1.165, 1.54) is 0 Å². The second-order valence-corrected chi connectivity index (χ2v) is 8.47. The normalized spacial score (nSPS) is 34.8. The van der Waals surface area contributed by atoms with Crippen molar-refractivity contribution in [3.63, 3.8) is 0 Å². The molecule has 0 aromatic carbocycles. The van der Waals surface area contributed by atoms with Gasteiger partial charge in [-0.05, 0) is 20.3 Å². The molecule has 2 unspecified atom stereocenters. The van der Waals surface area contributed by atoms with Crippen LogP contribution in [0.4, 0.5) is 4.39 Å². The first-order chi connectivity index (χ1) is 11.5. The predicted octanol–water partition coefficient (Wildman–Crippen LogP) is 0.134. The standard InChI is InChI=1S/C14H20FN2O7P/c1-7(2)23-11-10(15)12(17-4-3-9(18)16-13(17)19)24-14(11)5-8(14)6-25(20,21)22/h3-4,7-8,10-12H,5-6H2,1-2H3,(H,16,18,19)(H2,20,21,22)/t8?,10-,11+,12?,14-/m1/s1. The zero-order valence-corrected chi connectivity index (χ0v) is 14.6. The van der Waals surface area contributed by atoms with E-state index < -0.39 is 55.0 Å². The topological polar surface area (TPSA) is 131 Å². The summed E-state index contributed by atoms with van der Waals surface area (Å²) in [6.07, 6.45) is -3.55. The monoisotopic (exact) mass is 378 g/mol. The molecule has 2 heterocycles. The number of H-pyrrole nitrogens is 1. The number of hydrogen-bond acceptors (Lipinski definition) is 5. The van der Waals surface area contributed by atoms with Gasteiger partial charge in [-0.1, -0.05) is 0 Å². The molecule has 1 saturated carbocycles.